The molecular formula is C12H16N2O4. The molecule has 98 valence electrons. The molecule has 18 heavy (non-hydrogen) atoms. The highest BCUT2D eigenvalue weighted by Crippen LogP contribution is 2.12. The molecule has 0 bridgehead atoms. The predicted molar refractivity (Wildman–Crippen MR) is 65.0 cm³/mol. The quantitative estimate of drug-likeness (QED) is 0.808. The molecule has 0 saturated heterocycles. The Labute approximate surface area is 105 Å². The molecule has 0 saturated carbocycles. The molecule has 0 atom stereocenters. The van der Waals surface area contributed by atoms with E-state index in [9.17, 15) is 9.59 Å². The van der Waals surface area contributed by atoms with Crippen LogP contribution >= 0.6 is 0 Å². The fourth-order valence-electron chi connectivity index (χ4n) is 1.23. The number of alkyl carbamates (subject to hydrolysis) is 1. The molecule has 0 aliphatic rings. The molecule has 0 radical (unpaired) electrons. The summed E-state index contributed by atoms with van der Waals surface area (Å²) in [5.41, 5.74) is 6.38. The molecule has 0 aliphatic carbocycles. The second kappa shape index (κ2) is 7.29. The number of ether oxygens (including phenoxy) is 2. The lowest BCUT2D eigenvalue weighted by atomic mass is 10.2. The molecule has 6 heteroatoms. The summed E-state index contributed by atoms with van der Waals surface area (Å²) in [7, 11) is 0. The minimum atomic E-state index is -0.776. The van der Waals surface area contributed by atoms with Gasteiger partial charge in [-0.1, -0.05) is 12.1 Å². The van der Waals surface area contributed by atoms with E-state index in [0.717, 1.165) is 5.56 Å². The fourth-order valence-corrected chi connectivity index (χ4v) is 1.23. The van der Waals surface area contributed by atoms with Crippen LogP contribution in [0.2, 0.25) is 0 Å². The fraction of sp³-hybridized carbons (Fsp3) is 0.333. The summed E-state index contributed by atoms with van der Waals surface area (Å²) in [6.45, 7) is 2.00. The normalized spacial score (nSPS) is 9.67. The van der Waals surface area contributed by atoms with Gasteiger partial charge in [0.2, 0.25) is 0 Å². The third kappa shape index (κ3) is 4.84. The minimum absolute atomic E-state index is 0.207. The van der Waals surface area contributed by atoms with E-state index in [0.29, 0.717) is 12.3 Å². The molecule has 1 rings (SSSR count). The molecule has 0 spiro atoms. The van der Waals surface area contributed by atoms with Gasteiger partial charge in [-0.15, -0.1) is 0 Å². The zero-order valence-electron chi connectivity index (χ0n) is 10.1. The van der Waals surface area contributed by atoms with Gasteiger partial charge in [0.05, 0.1) is 6.61 Å². The number of carbonyl (C=O) groups excluding carboxylic acids is 2. The van der Waals surface area contributed by atoms with Crippen LogP contribution in [-0.2, 0) is 16.1 Å². The molecule has 0 aromatic heterocycles. The van der Waals surface area contributed by atoms with Crippen molar-refractivity contribution in [3.05, 3.63) is 29.8 Å². The van der Waals surface area contributed by atoms with E-state index in [2.05, 4.69) is 4.74 Å². The lowest BCUT2D eigenvalue weighted by Crippen LogP contribution is -2.34. The van der Waals surface area contributed by atoms with Crippen molar-refractivity contribution in [1.82, 2.24) is 5.32 Å². The number of nitrogens with two attached hydrogens (primary N) is 1. The Balaban J connectivity index is 2.40. The molecule has 0 aliphatic heterocycles. The second-order valence-corrected chi connectivity index (χ2v) is 3.41. The largest absolute Gasteiger partial charge is 0.484 e. The van der Waals surface area contributed by atoms with Crippen molar-refractivity contribution in [3.8, 4) is 5.75 Å². The Morgan fingerprint density at radius 1 is 1.39 bits per heavy atom. The smallest absolute Gasteiger partial charge is 0.413 e. The Bertz CT molecular complexity index is 420. The van der Waals surface area contributed by atoms with Crippen LogP contribution in [0.3, 0.4) is 0 Å². The van der Waals surface area contributed by atoms with Crippen LogP contribution in [0.15, 0.2) is 24.3 Å². The van der Waals surface area contributed by atoms with E-state index in [1.54, 1.807) is 25.1 Å². The molecule has 2 amide bonds. The van der Waals surface area contributed by atoms with E-state index in [4.69, 9.17) is 10.5 Å². The summed E-state index contributed by atoms with van der Waals surface area (Å²) in [5, 5.41) is 2.03. The number of amides is 2. The first kappa shape index (κ1) is 14.0. The van der Waals surface area contributed by atoms with Crippen LogP contribution in [-0.4, -0.2) is 25.2 Å². The molecule has 0 unspecified atom stereocenters. The van der Waals surface area contributed by atoms with Crippen LogP contribution in [0.4, 0.5) is 4.79 Å². The average Bonchev–Trinajstić information content (AvgIpc) is 2.37. The SMILES string of the molecule is CCOC(=O)NC(=O)COc1cccc(CN)c1. The van der Waals surface area contributed by atoms with E-state index < -0.39 is 12.0 Å². The van der Waals surface area contributed by atoms with Crippen LogP contribution < -0.4 is 15.8 Å². The van der Waals surface area contributed by atoms with E-state index in [-0.39, 0.29) is 13.2 Å². The van der Waals surface area contributed by atoms with Gasteiger partial charge < -0.3 is 15.2 Å². The van der Waals surface area contributed by atoms with Gasteiger partial charge in [0, 0.05) is 6.54 Å². The molecule has 0 heterocycles. The summed E-state index contributed by atoms with van der Waals surface area (Å²) in [6.07, 6.45) is -0.776. The van der Waals surface area contributed by atoms with Crippen LogP contribution in [0.1, 0.15) is 12.5 Å². The van der Waals surface area contributed by atoms with Crippen molar-refractivity contribution < 1.29 is 19.1 Å². The van der Waals surface area contributed by atoms with Gasteiger partial charge in [0.25, 0.3) is 5.91 Å². The molecule has 1 aromatic carbocycles. The number of nitrogens with one attached hydrogen (secondary N) is 1. The lowest BCUT2D eigenvalue weighted by Gasteiger charge is -2.07. The summed E-state index contributed by atoms with van der Waals surface area (Å²) >= 11 is 0. The number of hydrogen-bond acceptors (Lipinski definition) is 5. The second-order valence-electron chi connectivity index (χ2n) is 3.41. The van der Waals surface area contributed by atoms with Gasteiger partial charge in [-0.05, 0) is 24.6 Å². The van der Waals surface area contributed by atoms with E-state index in [1.807, 2.05) is 11.4 Å². The monoisotopic (exact) mass is 252 g/mol. The number of imide groups is 1. The average molecular weight is 252 g/mol. The van der Waals surface area contributed by atoms with Crippen molar-refractivity contribution in [1.29, 1.82) is 0 Å². The maximum absolute atomic E-state index is 11.3. The van der Waals surface area contributed by atoms with Gasteiger partial charge in [0.15, 0.2) is 6.61 Å². The molecule has 3 N–H and O–H groups in total. The van der Waals surface area contributed by atoms with Crippen molar-refractivity contribution in [2.45, 2.75) is 13.5 Å². The summed E-state index contributed by atoms with van der Waals surface area (Å²) < 4.78 is 9.77. The molecule has 6 nitrogen and oxygen atoms in total. The van der Waals surface area contributed by atoms with Gasteiger partial charge in [0.1, 0.15) is 5.75 Å². The molecule has 0 fully saturated rings. The highest BCUT2D eigenvalue weighted by molar-refractivity contribution is 5.92. The van der Waals surface area contributed by atoms with Gasteiger partial charge >= 0.3 is 6.09 Å². The Hall–Kier alpha value is -2.08. The standard InChI is InChI=1S/C12H16N2O4/c1-2-17-12(16)14-11(15)8-18-10-5-3-4-9(6-10)7-13/h3-6H,2,7-8,13H2,1H3,(H,14,15,16). The van der Waals surface area contributed by atoms with Crippen molar-refractivity contribution in [3.63, 3.8) is 0 Å². The first-order chi connectivity index (χ1) is 8.65. The number of benzene rings is 1. The highest BCUT2D eigenvalue weighted by atomic mass is 16.5. The van der Waals surface area contributed by atoms with Crippen molar-refractivity contribution >= 4 is 12.0 Å². The van der Waals surface area contributed by atoms with E-state index in [1.165, 1.54) is 0 Å². The predicted octanol–water partition coefficient (Wildman–Crippen LogP) is 0.797. The topological polar surface area (TPSA) is 90.6 Å². The third-order valence-corrected chi connectivity index (χ3v) is 2.02. The molecule has 1 aromatic rings. The number of carbonyl (C=O) groups is 2. The summed E-state index contributed by atoms with van der Waals surface area (Å²) in [5.74, 6) is -0.0384. The van der Waals surface area contributed by atoms with Crippen molar-refractivity contribution in [2.24, 2.45) is 5.73 Å². The first-order valence-electron chi connectivity index (χ1n) is 5.54. The zero-order valence-corrected chi connectivity index (χ0v) is 10.1. The highest BCUT2D eigenvalue weighted by Gasteiger charge is 2.08. The molecular weight excluding hydrogens is 236 g/mol. The Kier molecular flexibility index (Phi) is 5.66. The minimum Gasteiger partial charge on any atom is -0.484 e. The zero-order chi connectivity index (χ0) is 13.4. The Morgan fingerprint density at radius 2 is 2.17 bits per heavy atom. The van der Waals surface area contributed by atoms with Crippen LogP contribution in [0.5, 0.6) is 5.75 Å². The van der Waals surface area contributed by atoms with Crippen LogP contribution in [0.25, 0.3) is 0 Å². The van der Waals surface area contributed by atoms with Crippen molar-refractivity contribution in [2.75, 3.05) is 13.2 Å². The van der Waals surface area contributed by atoms with Gasteiger partial charge in [-0.2, -0.15) is 0 Å². The maximum Gasteiger partial charge on any atom is 0.413 e. The Morgan fingerprint density at radius 3 is 2.83 bits per heavy atom. The maximum atomic E-state index is 11.3. The summed E-state index contributed by atoms with van der Waals surface area (Å²) in [4.78, 5) is 22.2. The van der Waals surface area contributed by atoms with Gasteiger partial charge in [-0.3, -0.25) is 10.1 Å². The first-order valence-corrected chi connectivity index (χ1v) is 5.54. The van der Waals surface area contributed by atoms with Crippen LogP contribution in [0, 0.1) is 0 Å². The van der Waals surface area contributed by atoms with E-state index >= 15 is 0 Å². The lowest BCUT2D eigenvalue weighted by molar-refractivity contribution is -0.122. The number of hydrogen-bond donors (Lipinski definition) is 2. The third-order valence-electron chi connectivity index (χ3n) is 2.02. The number of rotatable bonds is 5. The summed E-state index contributed by atoms with van der Waals surface area (Å²) in [6, 6.07) is 7.07. The van der Waals surface area contributed by atoms with Gasteiger partial charge in [-0.25, -0.2) is 4.79 Å².